The molecule has 182 valence electrons. The largest absolute Gasteiger partial charge is 0.366 e. The summed E-state index contributed by atoms with van der Waals surface area (Å²) in [6.07, 6.45) is 13.9. The Morgan fingerprint density at radius 1 is 1.19 bits per heavy atom. The van der Waals surface area contributed by atoms with Crippen molar-refractivity contribution >= 4 is 33.6 Å². The second-order valence-electron chi connectivity index (χ2n) is 10.4. The van der Waals surface area contributed by atoms with E-state index in [-0.39, 0.29) is 29.1 Å². The number of aromatic nitrogens is 3. The molecule has 2 aliphatic carbocycles. The van der Waals surface area contributed by atoms with Crippen molar-refractivity contribution in [1.82, 2.24) is 30.7 Å². The molecular formula is C27H26N6O2S. The smallest absolute Gasteiger partial charge is 0.272 e. The van der Waals surface area contributed by atoms with Gasteiger partial charge in [0, 0.05) is 35.9 Å². The van der Waals surface area contributed by atoms with Crippen molar-refractivity contribution in [3.05, 3.63) is 86.6 Å². The molecule has 4 aliphatic rings. The van der Waals surface area contributed by atoms with Crippen LogP contribution in [-0.2, 0) is 4.79 Å². The van der Waals surface area contributed by atoms with Crippen LogP contribution in [0.4, 0.5) is 0 Å². The molecule has 0 saturated heterocycles. The van der Waals surface area contributed by atoms with Crippen molar-refractivity contribution < 1.29 is 4.79 Å². The van der Waals surface area contributed by atoms with E-state index in [0.717, 1.165) is 52.2 Å². The number of thiazole rings is 1. The first-order chi connectivity index (χ1) is 17.5. The fourth-order valence-corrected chi connectivity index (χ4v) is 7.09. The molecule has 1 spiro atoms. The van der Waals surface area contributed by atoms with E-state index in [1.165, 1.54) is 0 Å². The van der Waals surface area contributed by atoms with Gasteiger partial charge >= 0.3 is 0 Å². The Kier molecular flexibility index (Phi) is 4.73. The highest BCUT2D eigenvalue weighted by molar-refractivity contribution is 7.12. The standard InChI is InChI=1S/C27H26N6O2S/c1-15-28-14-22(36-15)16-6-7-33-21(13-29-23(33)8-16)26(35)30-18-11-27(12-18)9-17(10-27)24-19-4-2-3-5-20(19)25(34)32-31-24/h2-8,13-14,17-18,23,29H,9-12H2,1H3,(H,30,35)(H,32,34)/t17-,18-,23?,27?. The minimum atomic E-state index is -0.137. The molecule has 1 amide bonds. The molecule has 7 rings (SSSR count). The summed E-state index contributed by atoms with van der Waals surface area (Å²) >= 11 is 1.67. The van der Waals surface area contributed by atoms with Gasteiger partial charge in [-0.25, -0.2) is 10.1 Å². The first-order valence-corrected chi connectivity index (χ1v) is 13.2. The number of nitrogens with zero attached hydrogens (tertiary/aromatic N) is 3. The van der Waals surface area contributed by atoms with Crippen LogP contribution >= 0.6 is 11.3 Å². The maximum atomic E-state index is 13.1. The highest BCUT2D eigenvalue weighted by Gasteiger charge is 2.54. The molecule has 8 nitrogen and oxygen atoms in total. The Morgan fingerprint density at radius 2 is 2.00 bits per heavy atom. The van der Waals surface area contributed by atoms with Crippen molar-refractivity contribution in [1.29, 1.82) is 0 Å². The van der Waals surface area contributed by atoms with E-state index in [1.54, 1.807) is 11.3 Å². The molecule has 3 N–H and O–H groups in total. The number of rotatable bonds is 4. The van der Waals surface area contributed by atoms with E-state index in [9.17, 15) is 9.59 Å². The first kappa shape index (κ1) is 21.6. The van der Waals surface area contributed by atoms with Gasteiger partial charge in [-0.15, -0.1) is 11.3 Å². The topological polar surface area (TPSA) is 103 Å². The Balaban J connectivity index is 0.957. The molecule has 2 aliphatic heterocycles. The average molecular weight is 499 g/mol. The van der Waals surface area contributed by atoms with Crippen molar-refractivity contribution in [3.63, 3.8) is 0 Å². The van der Waals surface area contributed by atoms with Crippen LogP contribution < -0.4 is 16.2 Å². The van der Waals surface area contributed by atoms with Gasteiger partial charge in [-0.3, -0.25) is 9.59 Å². The van der Waals surface area contributed by atoms with Crippen LogP contribution in [-0.4, -0.2) is 38.2 Å². The van der Waals surface area contributed by atoms with E-state index in [4.69, 9.17) is 0 Å². The van der Waals surface area contributed by atoms with Gasteiger partial charge in [-0.05, 0) is 61.8 Å². The predicted octanol–water partition coefficient (Wildman–Crippen LogP) is 3.51. The third-order valence-corrected chi connectivity index (χ3v) is 8.99. The van der Waals surface area contributed by atoms with Gasteiger partial charge in [0.15, 0.2) is 0 Å². The van der Waals surface area contributed by atoms with E-state index in [2.05, 4.69) is 31.9 Å². The number of fused-ring (bicyclic) bond motifs is 2. The summed E-state index contributed by atoms with van der Waals surface area (Å²) in [6.45, 7) is 2.00. The lowest BCUT2D eigenvalue weighted by Gasteiger charge is -2.57. The maximum absolute atomic E-state index is 13.1. The third-order valence-electron chi connectivity index (χ3n) is 8.02. The Bertz CT molecular complexity index is 1530. The van der Waals surface area contributed by atoms with Gasteiger partial charge in [0.2, 0.25) is 0 Å². The highest BCUT2D eigenvalue weighted by atomic mass is 32.1. The molecule has 1 aromatic carbocycles. The number of allylic oxidation sites excluding steroid dienone is 2. The van der Waals surface area contributed by atoms with E-state index in [1.807, 2.05) is 60.8 Å². The fourth-order valence-electron chi connectivity index (χ4n) is 6.30. The minimum Gasteiger partial charge on any atom is -0.366 e. The second kappa shape index (κ2) is 7.89. The summed E-state index contributed by atoms with van der Waals surface area (Å²) < 4.78 is 0. The highest BCUT2D eigenvalue weighted by Crippen LogP contribution is 2.62. The Hall–Kier alpha value is -3.72. The summed E-state index contributed by atoms with van der Waals surface area (Å²) in [4.78, 5) is 32.6. The SMILES string of the molecule is Cc1ncc(C2=CC3NC=C(C(=O)N[C@H]4CC5(C4)C[C@H](c4n[nH]c(=O)c6ccccc64)C5)N3C=C2)s1. The molecule has 0 bridgehead atoms. The van der Waals surface area contributed by atoms with Crippen LogP contribution in [0.15, 0.2) is 65.5 Å². The van der Waals surface area contributed by atoms with Crippen molar-refractivity contribution in [2.75, 3.05) is 0 Å². The number of hydrogen-bond acceptors (Lipinski definition) is 7. The summed E-state index contributed by atoms with van der Waals surface area (Å²) in [5.41, 5.74) is 2.90. The van der Waals surface area contributed by atoms with Crippen LogP contribution in [0, 0.1) is 12.3 Å². The zero-order valence-corrected chi connectivity index (χ0v) is 20.6. The molecule has 3 aromatic rings. The molecule has 2 saturated carbocycles. The first-order valence-electron chi connectivity index (χ1n) is 12.3. The van der Waals surface area contributed by atoms with Crippen molar-refractivity contribution in [2.45, 2.75) is 50.7 Å². The van der Waals surface area contributed by atoms with Crippen LogP contribution in [0.1, 0.15) is 47.2 Å². The quantitative estimate of drug-likeness (QED) is 0.509. The number of carbonyl (C=O) groups is 1. The van der Waals surface area contributed by atoms with Gasteiger partial charge in [-0.1, -0.05) is 18.2 Å². The molecule has 36 heavy (non-hydrogen) atoms. The monoisotopic (exact) mass is 498 g/mol. The van der Waals surface area contributed by atoms with Crippen LogP contribution in [0.3, 0.4) is 0 Å². The van der Waals surface area contributed by atoms with Crippen molar-refractivity contribution in [3.8, 4) is 0 Å². The zero-order chi connectivity index (χ0) is 24.4. The number of aromatic amines is 1. The number of amides is 1. The molecule has 1 atom stereocenters. The third kappa shape index (κ3) is 3.41. The maximum Gasteiger partial charge on any atom is 0.272 e. The molecule has 4 heterocycles. The molecule has 9 heteroatoms. The fraction of sp³-hybridized carbons (Fsp3) is 0.333. The number of nitrogens with one attached hydrogen (secondary N) is 3. The molecular weight excluding hydrogens is 472 g/mol. The van der Waals surface area contributed by atoms with E-state index in [0.29, 0.717) is 17.0 Å². The zero-order valence-electron chi connectivity index (χ0n) is 19.8. The Labute approximate surface area is 211 Å². The van der Waals surface area contributed by atoms with Gasteiger partial charge in [0.25, 0.3) is 11.5 Å². The number of carbonyl (C=O) groups excluding carboxylic acids is 1. The van der Waals surface area contributed by atoms with Crippen LogP contribution in [0.2, 0.25) is 0 Å². The molecule has 1 unspecified atom stereocenters. The minimum absolute atomic E-state index is 0.0378. The number of hydrogen-bond donors (Lipinski definition) is 3. The summed E-state index contributed by atoms with van der Waals surface area (Å²) in [5.74, 6) is 0.317. The molecule has 0 radical (unpaired) electrons. The van der Waals surface area contributed by atoms with Crippen LogP contribution in [0.25, 0.3) is 16.3 Å². The van der Waals surface area contributed by atoms with Crippen molar-refractivity contribution in [2.24, 2.45) is 5.41 Å². The lowest BCUT2D eigenvalue weighted by atomic mass is 9.49. The number of benzene rings is 1. The normalized spacial score (nSPS) is 28.1. The molecule has 2 fully saturated rings. The predicted molar refractivity (Wildman–Crippen MR) is 139 cm³/mol. The van der Waals surface area contributed by atoms with E-state index >= 15 is 0 Å². The van der Waals surface area contributed by atoms with E-state index < -0.39 is 0 Å². The average Bonchev–Trinajstić information content (AvgIpc) is 3.46. The Morgan fingerprint density at radius 3 is 2.78 bits per heavy atom. The number of H-pyrrole nitrogens is 1. The lowest BCUT2D eigenvalue weighted by molar-refractivity contribution is -0.122. The summed E-state index contributed by atoms with van der Waals surface area (Å²) in [5, 5.41) is 16.3. The number of aryl methyl sites for hydroxylation is 1. The summed E-state index contributed by atoms with van der Waals surface area (Å²) in [6, 6.07) is 7.89. The van der Waals surface area contributed by atoms with Gasteiger partial charge in [-0.2, -0.15) is 5.10 Å². The van der Waals surface area contributed by atoms with Gasteiger partial charge in [0.05, 0.1) is 21.0 Å². The van der Waals surface area contributed by atoms with Crippen LogP contribution in [0.5, 0.6) is 0 Å². The second-order valence-corrected chi connectivity index (χ2v) is 11.6. The summed E-state index contributed by atoms with van der Waals surface area (Å²) in [7, 11) is 0. The molecule has 2 aromatic heterocycles. The van der Waals surface area contributed by atoms with Gasteiger partial charge < -0.3 is 15.5 Å². The lowest BCUT2D eigenvalue weighted by Crippen LogP contribution is -2.56. The van der Waals surface area contributed by atoms with Gasteiger partial charge in [0.1, 0.15) is 11.9 Å².